The van der Waals surface area contributed by atoms with Gasteiger partial charge in [0.1, 0.15) is 10.0 Å². The molecule has 0 bridgehead atoms. The minimum absolute atomic E-state index is 0.0000592. The number of rotatable bonds is 5. The topological polar surface area (TPSA) is 89.2 Å². The summed E-state index contributed by atoms with van der Waals surface area (Å²) in [5.41, 5.74) is 0.499. The number of benzene rings is 1. The van der Waals surface area contributed by atoms with Gasteiger partial charge >= 0.3 is 0 Å². The van der Waals surface area contributed by atoms with Crippen LogP contribution in [-0.4, -0.2) is 39.0 Å². The quantitative estimate of drug-likeness (QED) is 0.554. The molecule has 4 rings (SSSR count). The summed E-state index contributed by atoms with van der Waals surface area (Å²) in [4.78, 5) is 24.8. The summed E-state index contributed by atoms with van der Waals surface area (Å²) in [7, 11) is 0. The first-order chi connectivity index (χ1) is 13.6. The normalized spacial score (nSPS) is 18.5. The lowest BCUT2D eigenvalue weighted by atomic mass is 9.97. The molecule has 0 radical (unpaired) electrons. The van der Waals surface area contributed by atoms with Crippen LogP contribution in [0.25, 0.3) is 0 Å². The van der Waals surface area contributed by atoms with Gasteiger partial charge in [0.15, 0.2) is 0 Å². The van der Waals surface area contributed by atoms with Crippen molar-refractivity contribution in [1.82, 2.24) is 15.1 Å². The molecular formula is C20H24N4O3S. The molecule has 0 spiro atoms. The molecule has 1 aromatic carbocycles. The van der Waals surface area contributed by atoms with E-state index in [9.17, 15) is 14.9 Å². The van der Waals surface area contributed by atoms with Crippen LogP contribution in [0.2, 0.25) is 0 Å². The van der Waals surface area contributed by atoms with Crippen LogP contribution in [0.3, 0.4) is 0 Å². The van der Waals surface area contributed by atoms with E-state index in [1.165, 1.54) is 49.9 Å². The van der Waals surface area contributed by atoms with Crippen LogP contribution >= 0.6 is 11.3 Å². The Kier molecular flexibility index (Phi) is 5.66. The Morgan fingerprint density at radius 3 is 2.43 bits per heavy atom. The summed E-state index contributed by atoms with van der Waals surface area (Å²) in [6, 6.07) is 5.83. The second kappa shape index (κ2) is 8.34. The smallest absolute Gasteiger partial charge is 0.269 e. The van der Waals surface area contributed by atoms with Crippen LogP contribution in [-0.2, 0) is 6.42 Å². The molecule has 1 saturated heterocycles. The number of carbonyl (C=O) groups excluding carboxylic acids is 1. The number of piperidine rings is 1. The lowest BCUT2D eigenvalue weighted by molar-refractivity contribution is -0.384. The van der Waals surface area contributed by atoms with Gasteiger partial charge in [-0.05, 0) is 30.9 Å². The molecule has 2 heterocycles. The first kappa shape index (κ1) is 19.0. The molecule has 8 heteroatoms. The maximum Gasteiger partial charge on any atom is 0.269 e. The third-order valence-corrected chi connectivity index (χ3v) is 6.99. The molecule has 2 aliphatic rings. The van der Waals surface area contributed by atoms with E-state index in [2.05, 4.69) is 10.2 Å². The summed E-state index contributed by atoms with van der Waals surface area (Å²) in [6.45, 7) is 1.36. The molecule has 2 fully saturated rings. The maximum absolute atomic E-state index is 12.7. The maximum atomic E-state index is 12.7. The summed E-state index contributed by atoms with van der Waals surface area (Å²) >= 11 is 1.75. The van der Waals surface area contributed by atoms with E-state index in [0.29, 0.717) is 24.6 Å². The van der Waals surface area contributed by atoms with Crippen molar-refractivity contribution in [3.8, 4) is 0 Å². The van der Waals surface area contributed by atoms with Gasteiger partial charge in [0.2, 0.25) is 0 Å². The van der Waals surface area contributed by atoms with Crippen molar-refractivity contribution in [1.29, 1.82) is 0 Å². The molecule has 7 nitrogen and oxygen atoms in total. The van der Waals surface area contributed by atoms with Gasteiger partial charge in [-0.3, -0.25) is 14.9 Å². The molecule has 148 valence electrons. The van der Waals surface area contributed by atoms with E-state index < -0.39 is 4.92 Å². The van der Waals surface area contributed by atoms with E-state index in [-0.39, 0.29) is 11.6 Å². The summed E-state index contributed by atoms with van der Waals surface area (Å²) in [5.74, 6) is 1.09. The lowest BCUT2D eigenvalue weighted by Gasteiger charge is -2.31. The summed E-state index contributed by atoms with van der Waals surface area (Å²) < 4.78 is 0. The van der Waals surface area contributed by atoms with Gasteiger partial charge in [-0.2, -0.15) is 0 Å². The highest BCUT2D eigenvalue weighted by Gasteiger charge is 2.27. The van der Waals surface area contributed by atoms with Crippen LogP contribution in [0.5, 0.6) is 0 Å². The second-order valence-corrected chi connectivity index (χ2v) is 8.85. The van der Waals surface area contributed by atoms with Gasteiger partial charge in [-0.1, -0.05) is 25.7 Å². The first-order valence-corrected chi connectivity index (χ1v) is 10.8. The van der Waals surface area contributed by atoms with Crippen LogP contribution in [0.4, 0.5) is 5.69 Å². The number of nitrogens with zero attached hydrogens (tertiary/aromatic N) is 4. The van der Waals surface area contributed by atoms with Crippen molar-refractivity contribution in [3.05, 3.63) is 50.0 Å². The van der Waals surface area contributed by atoms with E-state index in [1.54, 1.807) is 11.3 Å². The molecule has 0 unspecified atom stereocenters. The minimum Gasteiger partial charge on any atom is -0.339 e. The van der Waals surface area contributed by atoms with Gasteiger partial charge in [0.25, 0.3) is 11.6 Å². The Labute approximate surface area is 167 Å². The SMILES string of the molecule is O=C(c1ccc([N+](=O)[O-])cc1)N1CCC(c2nnc(CC3CCCC3)s2)CC1. The lowest BCUT2D eigenvalue weighted by Crippen LogP contribution is -2.37. The largest absolute Gasteiger partial charge is 0.339 e. The zero-order valence-corrected chi connectivity index (χ0v) is 16.6. The molecule has 1 saturated carbocycles. The monoisotopic (exact) mass is 400 g/mol. The van der Waals surface area contributed by atoms with Crippen molar-refractivity contribution < 1.29 is 9.72 Å². The van der Waals surface area contributed by atoms with Crippen molar-refractivity contribution in [3.63, 3.8) is 0 Å². The number of amides is 1. The third-order valence-electron chi connectivity index (χ3n) is 5.88. The second-order valence-electron chi connectivity index (χ2n) is 7.76. The van der Waals surface area contributed by atoms with Crippen LogP contribution in [0, 0.1) is 16.0 Å². The van der Waals surface area contributed by atoms with Crippen LogP contribution < -0.4 is 0 Å². The van der Waals surface area contributed by atoms with Crippen molar-refractivity contribution in [2.75, 3.05) is 13.1 Å². The van der Waals surface area contributed by atoms with Crippen molar-refractivity contribution >= 4 is 22.9 Å². The number of non-ortho nitro benzene ring substituents is 1. The summed E-state index contributed by atoms with van der Waals surface area (Å²) in [5, 5.41) is 21.9. The Balaban J connectivity index is 1.32. The van der Waals surface area contributed by atoms with Gasteiger partial charge in [-0.25, -0.2) is 0 Å². The predicted octanol–water partition coefficient (Wildman–Crippen LogP) is 4.20. The standard InChI is InChI=1S/C20H24N4O3S/c25-20(16-5-7-17(8-6-16)24(26)27)23-11-9-15(10-12-23)19-22-21-18(28-19)13-14-3-1-2-4-14/h5-8,14-15H,1-4,9-13H2. The molecule has 1 aliphatic carbocycles. The van der Waals surface area contributed by atoms with Crippen molar-refractivity contribution in [2.45, 2.75) is 50.9 Å². The zero-order chi connectivity index (χ0) is 19.5. The Morgan fingerprint density at radius 1 is 1.11 bits per heavy atom. The van der Waals surface area contributed by atoms with E-state index in [4.69, 9.17) is 0 Å². The molecular weight excluding hydrogens is 376 g/mol. The highest BCUT2D eigenvalue weighted by molar-refractivity contribution is 7.11. The molecule has 2 aromatic rings. The fourth-order valence-corrected chi connectivity index (χ4v) is 5.34. The number of hydrogen-bond donors (Lipinski definition) is 0. The highest BCUT2D eigenvalue weighted by atomic mass is 32.1. The number of likely N-dealkylation sites (tertiary alicyclic amines) is 1. The van der Waals surface area contributed by atoms with E-state index in [0.717, 1.165) is 35.2 Å². The van der Waals surface area contributed by atoms with Gasteiger partial charge in [-0.15, -0.1) is 21.5 Å². The molecule has 0 N–H and O–H groups in total. The Bertz CT molecular complexity index is 837. The van der Waals surface area contributed by atoms with E-state index >= 15 is 0 Å². The number of aromatic nitrogens is 2. The van der Waals surface area contributed by atoms with Crippen LogP contribution in [0.15, 0.2) is 24.3 Å². The fourth-order valence-electron chi connectivity index (χ4n) is 4.21. The molecule has 1 aromatic heterocycles. The van der Waals surface area contributed by atoms with Crippen molar-refractivity contribution in [2.24, 2.45) is 5.92 Å². The van der Waals surface area contributed by atoms with E-state index in [1.807, 2.05) is 4.90 Å². The number of carbonyl (C=O) groups is 1. The van der Waals surface area contributed by atoms with Gasteiger partial charge < -0.3 is 4.90 Å². The number of nitro groups is 1. The number of hydrogen-bond acceptors (Lipinski definition) is 6. The first-order valence-electron chi connectivity index (χ1n) is 9.96. The predicted molar refractivity (Wildman–Crippen MR) is 107 cm³/mol. The third kappa shape index (κ3) is 4.22. The zero-order valence-electron chi connectivity index (χ0n) is 15.7. The molecule has 1 aliphatic heterocycles. The number of nitro benzene ring substituents is 1. The fraction of sp³-hybridized carbons (Fsp3) is 0.550. The summed E-state index contributed by atoms with van der Waals surface area (Å²) in [6.07, 6.45) is 8.16. The van der Waals surface area contributed by atoms with Gasteiger partial charge in [0.05, 0.1) is 4.92 Å². The Morgan fingerprint density at radius 2 is 1.79 bits per heavy atom. The highest BCUT2D eigenvalue weighted by Crippen LogP contribution is 2.33. The average molecular weight is 401 g/mol. The molecule has 1 amide bonds. The molecule has 28 heavy (non-hydrogen) atoms. The Hall–Kier alpha value is -2.35. The van der Waals surface area contributed by atoms with Crippen LogP contribution in [0.1, 0.15) is 64.8 Å². The average Bonchev–Trinajstić information content (AvgIpc) is 3.40. The molecule has 0 atom stereocenters. The minimum atomic E-state index is -0.456. The van der Waals surface area contributed by atoms with Gasteiger partial charge in [0, 0.05) is 43.1 Å².